The highest BCUT2D eigenvalue weighted by Gasteiger charge is 2.37. The van der Waals surface area contributed by atoms with Gasteiger partial charge in [-0.3, -0.25) is 20.2 Å². The second-order valence-corrected chi connectivity index (χ2v) is 70.7. The minimum Gasteiger partial charge on any atom is -0.462 e. The van der Waals surface area contributed by atoms with E-state index in [9.17, 15) is 52.7 Å². The van der Waals surface area contributed by atoms with Crippen LogP contribution in [-0.2, 0) is 78.1 Å². The summed E-state index contributed by atoms with van der Waals surface area (Å²) in [6, 6.07) is 66.0. The van der Waals surface area contributed by atoms with Crippen molar-refractivity contribution in [2.24, 2.45) is 11.8 Å². The number of anilines is 5. The third-order valence-electron chi connectivity index (χ3n) is 19.4. The van der Waals surface area contributed by atoms with Gasteiger partial charge in [0.05, 0.1) is 17.5 Å². The number of carbonyl (C=O) groups is 11. The van der Waals surface area contributed by atoms with Crippen molar-refractivity contribution in [3.05, 3.63) is 242 Å². The Balaban J connectivity index is 0.000000264. The summed E-state index contributed by atoms with van der Waals surface area (Å²) in [6.07, 6.45) is 3.92. The molecule has 0 radical (unpaired) electrons. The molecule has 0 atom stereocenters. The Kier molecular flexibility index (Phi) is 57.0. The summed E-state index contributed by atoms with van der Waals surface area (Å²) in [5.41, 5.74) is 9.26. The highest BCUT2D eigenvalue weighted by atomic mass is 80.0. The van der Waals surface area contributed by atoms with Crippen LogP contribution in [-0.4, -0.2) is 174 Å². The number of hydrogen-bond donors (Lipinski definition) is 6. The second-order valence-electron chi connectivity index (χ2n) is 33.3. The lowest BCUT2D eigenvalue weighted by Gasteiger charge is -2.27. The highest BCUT2D eigenvalue weighted by Crippen LogP contribution is 2.46. The number of carbonyl (C=O) groups excluding carboxylic acids is 11. The minimum absolute atomic E-state index is 0.0167. The number of piperidine rings is 2. The van der Waals surface area contributed by atoms with Crippen LogP contribution >= 0.6 is 287 Å². The Hall–Kier alpha value is -5.29. The number of ether oxygens (including phenoxy) is 11. The van der Waals surface area contributed by atoms with Crippen molar-refractivity contribution in [2.45, 2.75) is 117 Å². The van der Waals surface area contributed by atoms with Crippen molar-refractivity contribution in [3.63, 3.8) is 0 Å². The van der Waals surface area contributed by atoms with E-state index in [1.165, 1.54) is 33.9 Å². The van der Waals surface area contributed by atoms with Crippen molar-refractivity contribution < 1.29 is 105 Å². The first-order chi connectivity index (χ1) is 68.9. The lowest BCUT2D eigenvalue weighted by Crippen LogP contribution is -2.34. The molecular weight excluding hydrogens is 3090 g/mol. The number of nitrogens with one attached hydrogen (secondary N) is 6. The van der Waals surface area contributed by atoms with Crippen LogP contribution in [0, 0.1) is 11.8 Å². The first kappa shape index (κ1) is 130. The van der Waals surface area contributed by atoms with E-state index >= 15 is 0 Å². The summed E-state index contributed by atoms with van der Waals surface area (Å²) in [5.74, 6) is -1.35. The maximum absolute atomic E-state index is 12.1. The topological polar surface area (TPSA) is 365 Å². The number of likely N-dealkylation sites (tertiary alicyclic amines) is 1. The molecule has 0 unspecified atom stereocenters. The monoisotopic (exact) mass is 3170 g/mol. The molecule has 147 heavy (non-hydrogen) atoms. The molecule has 796 valence electrons. The molecule has 2 heterocycles. The predicted molar refractivity (Wildman–Crippen MR) is 640 cm³/mol. The fourth-order valence-corrected chi connectivity index (χ4v) is 14.3. The Morgan fingerprint density at radius 2 is 0.789 bits per heavy atom. The van der Waals surface area contributed by atoms with E-state index in [4.69, 9.17) is 52.1 Å². The lowest BCUT2D eigenvalue weighted by atomic mass is 9.97. The molecule has 0 saturated carbocycles. The van der Waals surface area contributed by atoms with Gasteiger partial charge in [-0.05, 0) is 423 Å². The van der Waals surface area contributed by atoms with Crippen molar-refractivity contribution in [1.82, 2.24) is 10.2 Å². The molecular formula is C100H103Br18N7O22. The van der Waals surface area contributed by atoms with Crippen molar-refractivity contribution in [1.29, 1.82) is 0 Å². The zero-order valence-electron chi connectivity index (χ0n) is 79.7. The van der Waals surface area contributed by atoms with Gasteiger partial charge in [-0.1, -0.05) is 211 Å². The average Bonchev–Trinajstić information content (AvgIpc) is 1.61. The third-order valence-corrected chi connectivity index (χ3v) is 25.4. The number of benzene rings is 9. The SMILES string of the molecule is C=CCNc1ccc(OC(=O)C(Br)(Br)Br)cc1.CC(C)(C)OC(=O)Nc1ccc(OC(=O)C(C)(Br)Br)c2ccccc12.CC(C)(C)OC(=O)Nc1cccc(OC(=O)C(Br)(Br)Br)c1.CN1CCC(C(=O)OCCOC(=O)C(Br)Br)CC1.O=C(OCCOC(=O)C1CCNCC1)C(Br)Br.O=C(Oc1ccc(NCC2c3ccccc3-c3ccccc32)cc1)C(Br)(Br)Br.O=C(Oc1ccc(NCc2ccccc2)cc1)C(Br)(Br)Br. The molecule has 6 N–H and O–H groups in total. The first-order valence-electron chi connectivity index (χ1n) is 44.2. The molecule has 0 aromatic heterocycles. The normalized spacial score (nSPS) is 13.1. The third kappa shape index (κ3) is 50.9. The van der Waals surface area contributed by atoms with Gasteiger partial charge in [-0.2, -0.15) is 0 Å². The van der Waals surface area contributed by atoms with E-state index in [1.807, 2.05) is 85.9 Å². The van der Waals surface area contributed by atoms with Crippen molar-refractivity contribution in [2.75, 3.05) is 99.3 Å². The van der Waals surface area contributed by atoms with E-state index in [-0.39, 0.29) is 56.0 Å². The van der Waals surface area contributed by atoms with Gasteiger partial charge in [-0.25, -0.2) is 43.2 Å². The number of halogens is 18. The van der Waals surface area contributed by atoms with Crippen LogP contribution in [0.25, 0.3) is 21.9 Å². The quantitative estimate of drug-likeness (QED) is 0.00695. The fourth-order valence-electron chi connectivity index (χ4n) is 12.6. The van der Waals surface area contributed by atoms with E-state index in [1.54, 1.807) is 121 Å². The van der Waals surface area contributed by atoms with Gasteiger partial charge in [0.2, 0.25) is 8.57 Å². The molecule has 9 aromatic carbocycles. The molecule has 12 rings (SSSR count). The zero-order chi connectivity index (χ0) is 109. The number of nitrogens with zero attached hydrogens (tertiary/aromatic N) is 1. The number of hydrogen-bond acceptors (Lipinski definition) is 27. The molecule has 9 aromatic rings. The molecule has 2 fully saturated rings. The molecule has 2 aliphatic heterocycles. The van der Waals surface area contributed by atoms with Gasteiger partial charge >= 0.3 is 65.9 Å². The van der Waals surface area contributed by atoms with Crippen LogP contribution in [0.2, 0.25) is 0 Å². The molecule has 47 heteroatoms. The van der Waals surface area contributed by atoms with Gasteiger partial charge in [0.15, 0.2) is 10.7 Å². The molecule has 0 spiro atoms. The van der Waals surface area contributed by atoms with E-state index in [0.29, 0.717) is 52.2 Å². The van der Waals surface area contributed by atoms with E-state index in [2.05, 4.69) is 391 Å². The fraction of sp³-hybridized carbons (Fsp3) is 0.350. The smallest absolute Gasteiger partial charge is 0.412 e. The van der Waals surface area contributed by atoms with Crippen LogP contribution in [0.4, 0.5) is 38.0 Å². The maximum atomic E-state index is 12.1. The Labute approximate surface area is 1000 Å². The summed E-state index contributed by atoms with van der Waals surface area (Å²) in [6.45, 7) is 22.1. The second kappa shape index (κ2) is 64.3. The summed E-state index contributed by atoms with van der Waals surface area (Å²) < 4.78 is 50.0. The highest BCUT2D eigenvalue weighted by molar-refractivity contribution is 9.41. The van der Waals surface area contributed by atoms with Crippen LogP contribution in [0.5, 0.6) is 28.7 Å². The summed E-state index contributed by atoms with van der Waals surface area (Å²) in [7, 11) is 2.04. The lowest BCUT2D eigenvalue weighted by molar-refractivity contribution is -0.155. The van der Waals surface area contributed by atoms with E-state index in [0.717, 1.165) is 87.4 Å². The zero-order valence-corrected chi connectivity index (χ0v) is 108. The summed E-state index contributed by atoms with van der Waals surface area (Å²) in [5, 5.41) is 19.8. The van der Waals surface area contributed by atoms with Gasteiger partial charge < -0.3 is 78.3 Å². The summed E-state index contributed by atoms with van der Waals surface area (Å²) in [4.78, 5) is 130. The van der Waals surface area contributed by atoms with Crippen molar-refractivity contribution in [3.8, 4) is 39.9 Å². The van der Waals surface area contributed by atoms with Crippen LogP contribution in [0.3, 0.4) is 0 Å². The van der Waals surface area contributed by atoms with Crippen molar-refractivity contribution >= 4 is 392 Å². The number of fused-ring (bicyclic) bond motifs is 4. The molecule has 2 amide bonds. The van der Waals surface area contributed by atoms with Gasteiger partial charge in [-0.15, -0.1) is 6.58 Å². The number of alkyl halides is 18. The number of amides is 2. The maximum Gasteiger partial charge on any atom is 0.412 e. The van der Waals surface area contributed by atoms with Gasteiger partial charge in [0.25, 0.3) is 0 Å². The Morgan fingerprint density at radius 1 is 0.401 bits per heavy atom. The van der Waals surface area contributed by atoms with E-state index < -0.39 is 84.5 Å². The minimum atomic E-state index is -1.15. The largest absolute Gasteiger partial charge is 0.462 e. The van der Waals surface area contributed by atoms with Crippen LogP contribution in [0.1, 0.15) is 96.8 Å². The number of rotatable bonds is 27. The van der Waals surface area contributed by atoms with Crippen LogP contribution in [0.15, 0.2) is 225 Å². The average molecular weight is 3190 g/mol. The molecule has 0 bridgehead atoms. The molecule has 1 aliphatic carbocycles. The van der Waals surface area contributed by atoms with Gasteiger partial charge in [0, 0.05) is 65.1 Å². The first-order valence-corrected chi connectivity index (χ1v) is 59.0. The molecule has 3 aliphatic rings. The molecule has 29 nitrogen and oxygen atoms in total. The Morgan fingerprint density at radius 3 is 1.21 bits per heavy atom. The standard InChI is InChI=1S/C22H16Br3NO2.C18H19Br2NO4.C15H12Br3NO2.C13H14Br3NO4.C11H10Br3NO2.C11H17Br2NO4.C10H15Br2NO4/c23-22(24,25)21(27)28-15-11-9-14(10-12-15)26-13-20-18-7-3-1-5-16(18)17-6-2-4-8-19(17)20;1-17(2,3)25-16(23)21-13-9-10-14(24-15(22)18(4,19)20)12-8-6-5-7-11(12)13;16-15(17,18)14(20)21-13-8-6-12(7-9-13)19-10-11-4-2-1-3-5-11;1-12(2,3)21-11(19)17-8-5-4-6-9(7-8)20-10(18)13(14,15)16;1-2-7-15-8-3-5-9(6-4-8)17-10(16)11(12,13)14;1-14-4-2-8(3-5-14)10(15)17-6-7-18-11(16)9(12)13;11-8(12)10(15)17-6-5-16-9(14)7-1-3-13-4-2-7/h1-12,20,26H,13H2;5-10H,1-4H3,(H,21,23);1-9,19H,10H2;4-7H,1-3H3,(H,17,19);2-6,15H,1,7H2;8-9H,2-7H2,1H3;7-8,13H,1-6H2. The number of esters is 9. The predicted octanol–water partition coefficient (Wildman–Crippen LogP) is 28.8. The molecule has 2 saturated heterocycles. The Bertz CT molecular complexity index is 5770. The van der Waals surface area contributed by atoms with Crippen LogP contribution < -0.4 is 55.6 Å². The van der Waals surface area contributed by atoms with Gasteiger partial charge in [0.1, 0.15) is 66.4 Å². The summed E-state index contributed by atoms with van der Waals surface area (Å²) >= 11 is 55.7.